The lowest BCUT2D eigenvalue weighted by Crippen LogP contribution is -2.29. The third-order valence-electron chi connectivity index (χ3n) is 3.09. The van der Waals surface area contributed by atoms with Crippen LogP contribution in [-0.4, -0.2) is 41.0 Å². The number of H-pyrrole nitrogens is 1. The van der Waals surface area contributed by atoms with Crippen LogP contribution in [-0.2, 0) is 26.8 Å². The van der Waals surface area contributed by atoms with Crippen molar-refractivity contribution in [2.24, 2.45) is 0 Å². The first-order valence-electron chi connectivity index (χ1n) is 7.02. The highest BCUT2D eigenvalue weighted by atomic mass is 32.2. The van der Waals surface area contributed by atoms with Crippen LogP contribution in [0.4, 0.5) is 0 Å². The van der Waals surface area contributed by atoms with E-state index in [9.17, 15) is 28.2 Å². The average molecular weight is 468 g/mol. The second kappa shape index (κ2) is 8.44. The van der Waals surface area contributed by atoms with Crippen molar-refractivity contribution >= 4 is 35.2 Å². The molecule has 0 amide bonds. The van der Waals surface area contributed by atoms with Crippen molar-refractivity contribution in [3.05, 3.63) is 33.1 Å². The largest absolute Gasteiger partial charge is 0.490 e. The molecule has 4 atom stereocenters. The first-order valence-corrected chi connectivity index (χ1v) is 12.5. The van der Waals surface area contributed by atoms with E-state index in [1.165, 1.54) is 28.6 Å². The predicted molar refractivity (Wildman–Crippen MR) is 90.8 cm³/mol. The summed E-state index contributed by atoms with van der Waals surface area (Å²) in [5.41, 5.74) is -1.17. The van der Waals surface area contributed by atoms with Gasteiger partial charge < -0.3 is 19.6 Å². The second-order valence-electron chi connectivity index (χ2n) is 5.19. The Balaban J connectivity index is 1.92. The normalized spacial score (nSPS) is 25.0. The molecule has 2 rings (SSSR count). The minimum atomic E-state index is -5.56. The molecule has 1 aliphatic rings. The molecule has 14 nitrogen and oxygen atoms in total. The molecule has 2 heterocycles. The van der Waals surface area contributed by atoms with Crippen LogP contribution in [0.1, 0.15) is 18.2 Å². The van der Waals surface area contributed by atoms with Crippen molar-refractivity contribution in [1.82, 2.24) is 9.55 Å². The van der Waals surface area contributed by atoms with E-state index in [2.05, 4.69) is 18.1 Å². The monoisotopic (exact) mass is 468 g/mol. The molecule has 0 radical (unpaired) electrons. The molecule has 1 aliphatic heterocycles. The molecule has 0 bridgehead atoms. The number of aromatic amines is 1. The maximum atomic E-state index is 11.7. The van der Waals surface area contributed by atoms with E-state index in [1.54, 1.807) is 0 Å². The second-order valence-corrected chi connectivity index (χ2v) is 11.1. The van der Waals surface area contributed by atoms with Gasteiger partial charge in [-0.3, -0.25) is 18.9 Å². The van der Waals surface area contributed by atoms with Gasteiger partial charge in [-0.1, -0.05) is 0 Å². The summed E-state index contributed by atoms with van der Waals surface area (Å²) in [5.74, 6) is 0. The van der Waals surface area contributed by atoms with Gasteiger partial charge in [0.25, 0.3) is 5.56 Å². The molecule has 1 fully saturated rings. The molecular formula is C9H15N2O12P3S. The molecule has 1 aromatic rings. The fourth-order valence-electron chi connectivity index (χ4n) is 2.15. The van der Waals surface area contributed by atoms with Crippen LogP contribution in [0.15, 0.2) is 21.9 Å². The SMILES string of the molecule is O=c1ccn(C2CCC(COP(=O)(O)OP(=O)(O)OP(=O)(O)O)S2)c(=O)[nH]1. The van der Waals surface area contributed by atoms with Gasteiger partial charge in [0.2, 0.25) is 0 Å². The van der Waals surface area contributed by atoms with Gasteiger partial charge >= 0.3 is 29.2 Å². The zero-order valence-corrected chi connectivity index (χ0v) is 16.7. The molecular weight excluding hydrogens is 453 g/mol. The number of rotatable bonds is 8. The lowest BCUT2D eigenvalue weighted by atomic mass is 10.2. The zero-order chi connectivity index (χ0) is 20.5. The molecule has 1 aromatic heterocycles. The Morgan fingerprint density at radius 3 is 2.37 bits per heavy atom. The Kier molecular flexibility index (Phi) is 7.10. The molecule has 4 unspecified atom stereocenters. The van der Waals surface area contributed by atoms with E-state index in [0.29, 0.717) is 12.8 Å². The fraction of sp³-hybridized carbons (Fsp3) is 0.556. The number of thioether (sulfide) groups is 1. The van der Waals surface area contributed by atoms with Gasteiger partial charge in [0.15, 0.2) is 0 Å². The standard InChI is InChI=1S/C9H15N2O12P3S/c12-7-3-4-11(9(13)10-7)8-2-1-6(27-8)5-21-25(17,18)23-26(19,20)22-24(14,15)16/h3-4,6,8H,1-2,5H2,(H,17,18)(H,19,20)(H,10,12,13)(H2,14,15,16). The topological polar surface area (TPSA) is 215 Å². The van der Waals surface area contributed by atoms with Gasteiger partial charge in [-0.2, -0.15) is 8.62 Å². The quantitative estimate of drug-likeness (QED) is 0.324. The number of phosphoric acid groups is 3. The van der Waals surface area contributed by atoms with Gasteiger partial charge in [-0.05, 0) is 12.8 Å². The van der Waals surface area contributed by atoms with Gasteiger partial charge in [-0.15, -0.1) is 11.8 Å². The minimum Gasteiger partial charge on any atom is -0.302 e. The molecule has 154 valence electrons. The van der Waals surface area contributed by atoms with Crippen molar-refractivity contribution < 1.29 is 46.4 Å². The van der Waals surface area contributed by atoms with Crippen molar-refractivity contribution in [1.29, 1.82) is 0 Å². The number of nitrogens with zero attached hydrogens (tertiary/aromatic N) is 1. The van der Waals surface area contributed by atoms with Gasteiger partial charge in [-0.25, -0.2) is 18.5 Å². The number of hydrogen-bond donors (Lipinski definition) is 5. The Labute approximate surface area is 155 Å². The first-order chi connectivity index (χ1) is 12.3. The summed E-state index contributed by atoms with van der Waals surface area (Å²) in [6.45, 7) is -0.428. The highest BCUT2D eigenvalue weighted by Crippen LogP contribution is 2.66. The third kappa shape index (κ3) is 7.41. The summed E-state index contributed by atoms with van der Waals surface area (Å²) in [6, 6.07) is 1.17. The maximum Gasteiger partial charge on any atom is 0.490 e. The number of phosphoric ester groups is 1. The van der Waals surface area contributed by atoms with E-state index in [-0.39, 0.29) is 5.37 Å². The molecule has 0 spiro atoms. The van der Waals surface area contributed by atoms with E-state index >= 15 is 0 Å². The van der Waals surface area contributed by atoms with E-state index in [4.69, 9.17) is 14.7 Å². The summed E-state index contributed by atoms with van der Waals surface area (Å²) >= 11 is 1.19. The summed E-state index contributed by atoms with van der Waals surface area (Å²) in [7, 11) is -16.2. The lowest BCUT2D eigenvalue weighted by molar-refractivity contribution is 0.172. The highest BCUT2D eigenvalue weighted by Gasteiger charge is 2.41. The van der Waals surface area contributed by atoms with Crippen LogP contribution in [0.2, 0.25) is 0 Å². The minimum absolute atomic E-state index is 0.371. The Hall–Kier alpha value is -0.560. The van der Waals surface area contributed by atoms with Crippen molar-refractivity contribution in [3.8, 4) is 0 Å². The van der Waals surface area contributed by atoms with Gasteiger partial charge in [0.1, 0.15) is 0 Å². The summed E-state index contributed by atoms with van der Waals surface area (Å²) in [5, 5.41) is -0.775. The molecule has 18 heteroatoms. The third-order valence-corrected chi connectivity index (χ3v) is 8.42. The molecule has 27 heavy (non-hydrogen) atoms. The van der Waals surface area contributed by atoms with Crippen molar-refractivity contribution in [2.45, 2.75) is 23.5 Å². The fourth-order valence-corrected chi connectivity index (χ4v) is 6.74. The van der Waals surface area contributed by atoms with Crippen LogP contribution in [0.25, 0.3) is 0 Å². The Morgan fingerprint density at radius 1 is 1.11 bits per heavy atom. The van der Waals surface area contributed by atoms with Crippen LogP contribution >= 0.6 is 35.2 Å². The van der Waals surface area contributed by atoms with Crippen LogP contribution in [0, 0.1) is 0 Å². The maximum absolute atomic E-state index is 11.7. The van der Waals surface area contributed by atoms with Crippen LogP contribution in [0.3, 0.4) is 0 Å². The van der Waals surface area contributed by atoms with Crippen molar-refractivity contribution in [3.63, 3.8) is 0 Å². The summed E-state index contributed by atoms with van der Waals surface area (Å²) < 4.78 is 46.5. The van der Waals surface area contributed by atoms with Gasteiger partial charge in [0, 0.05) is 17.5 Å². The Morgan fingerprint density at radius 2 is 1.78 bits per heavy atom. The average Bonchev–Trinajstić information content (AvgIpc) is 2.90. The number of hydrogen-bond acceptors (Lipinski definition) is 9. The molecule has 5 N–H and O–H groups in total. The lowest BCUT2D eigenvalue weighted by Gasteiger charge is -2.18. The number of aromatic nitrogens is 2. The molecule has 1 saturated heterocycles. The molecule has 0 aliphatic carbocycles. The molecule has 0 aromatic carbocycles. The van der Waals surface area contributed by atoms with Crippen LogP contribution < -0.4 is 11.2 Å². The van der Waals surface area contributed by atoms with Crippen molar-refractivity contribution in [2.75, 3.05) is 6.61 Å². The Bertz CT molecular complexity index is 939. The summed E-state index contributed by atoms with van der Waals surface area (Å²) in [4.78, 5) is 60.2. The summed E-state index contributed by atoms with van der Waals surface area (Å²) in [6.07, 6.45) is 2.22. The van der Waals surface area contributed by atoms with E-state index in [1.807, 2.05) is 0 Å². The van der Waals surface area contributed by atoms with E-state index < -0.39 is 46.6 Å². The first kappa shape index (κ1) is 22.7. The molecule has 0 saturated carbocycles. The predicted octanol–water partition coefficient (Wildman–Crippen LogP) is 0.274. The number of nitrogens with one attached hydrogen (secondary N) is 1. The van der Waals surface area contributed by atoms with Gasteiger partial charge in [0.05, 0.1) is 12.0 Å². The highest BCUT2D eigenvalue weighted by molar-refractivity contribution is 8.00. The smallest absolute Gasteiger partial charge is 0.302 e. The van der Waals surface area contributed by atoms with Crippen LogP contribution in [0.5, 0.6) is 0 Å². The van der Waals surface area contributed by atoms with E-state index in [0.717, 1.165) is 0 Å². The zero-order valence-electron chi connectivity index (χ0n) is 13.2.